The number of nitrogens with one attached hydrogen (secondary N) is 1. The summed E-state index contributed by atoms with van der Waals surface area (Å²) in [5, 5.41) is 7.60. The summed E-state index contributed by atoms with van der Waals surface area (Å²) in [5.74, 6) is 0.722. The Balaban J connectivity index is 1.94. The van der Waals surface area contributed by atoms with Crippen molar-refractivity contribution in [2.24, 2.45) is 0 Å². The van der Waals surface area contributed by atoms with Crippen molar-refractivity contribution in [1.29, 1.82) is 0 Å². The first-order chi connectivity index (χ1) is 7.74. The van der Waals surface area contributed by atoms with Gasteiger partial charge in [-0.25, -0.2) is 9.97 Å². The normalized spacial score (nSPS) is 12.4. The van der Waals surface area contributed by atoms with Crippen LogP contribution in [0.2, 0.25) is 5.28 Å². The van der Waals surface area contributed by atoms with Gasteiger partial charge >= 0.3 is 0 Å². The van der Waals surface area contributed by atoms with Gasteiger partial charge in [-0.2, -0.15) is 5.10 Å². The monoisotopic (exact) mass is 237 g/mol. The summed E-state index contributed by atoms with van der Waals surface area (Å²) in [4.78, 5) is 7.88. The Hall–Kier alpha value is -1.62. The van der Waals surface area contributed by atoms with Gasteiger partial charge in [0.15, 0.2) is 0 Å². The molecule has 0 spiro atoms. The van der Waals surface area contributed by atoms with Crippen LogP contribution in [-0.4, -0.2) is 25.8 Å². The van der Waals surface area contributed by atoms with Crippen LogP contribution in [0.3, 0.4) is 0 Å². The summed E-state index contributed by atoms with van der Waals surface area (Å²) in [7, 11) is 0. The van der Waals surface area contributed by atoms with Gasteiger partial charge in [-0.1, -0.05) is 0 Å². The molecule has 6 heteroatoms. The van der Waals surface area contributed by atoms with Crippen LogP contribution in [0.4, 0.5) is 5.82 Å². The predicted octanol–water partition coefficient (Wildman–Crippen LogP) is 1.83. The van der Waals surface area contributed by atoms with Gasteiger partial charge in [-0.15, -0.1) is 0 Å². The molecule has 0 aliphatic carbocycles. The summed E-state index contributed by atoms with van der Waals surface area (Å²) in [5.41, 5.74) is 0. The highest BCUT2D eigenvalue weighted by molar-refractivity contribution is 6.28. The molecule has 0 aromatic carbocycles. The van der Waals surface area contributed by atoms with Gasteiger partial charge in [0.25, 0.3) is 0 Å². The van der Waals surface area contributed by atoms with Crippen molar-refractivity contribution in [1.82, 2.24) is 19.7 Å². The van der Waals surface area contributed by atoms with Crippen molar-refractivity contribution in [3.8, 4) is 0 Å². The lowest BCUT2D eigenvalue weighted by molar-refractivity contribution is 0.559. The van der Waals surface area contributed by atoms with Gasteiger partial charge in [0.1, 0.15) is 5.82 Å². The summed E-state index contributed by atoms with van der Waals surface area (Å²) in [6, 6.07) is 3.89. The van der Waals surface area contributed by atoms with Crippen LogP contribution in [0.15, 0.2) is 30.7 Å². The molecule has 1 N–H and O–H groups in total. The number of nitrogens with zero attached hydrogens (tertiary/aromatic N) is 4. The molecule has 5 nitrogen and oxygen atoms in total. The van der Waals surface area contributed by atoms with Gasteiger partial charge in [0, 0.05) is 24.6 Å². The minimum Gasteiger partial charge on any atom is -0.366 e. The molecule has 0 bridgehead atoms. The Labute approximate surface area is 98.5 Å². The SMILES string of the molecule is CC(Cn1cccn1)Nc1ccnc(Cl)n1. The summed E-state index contributed by atoms with van der Waals surface area (Å²) >= 11 is 5.69. The van der Waals surface area contributed by atoms with E-state index < -0.39 is 0 Å². The molecule has 2 rings (SSSR count). The second kappa shape index (κ2) is 4.94. The van der Waals surface area contributed by atoms with E-state index in [1.54, 1.807) is 18.5 Å². The van der Waals surface area contributed by atoms with Crippen LogP contribution >= 0.6 is 11.6 Å². The van der Waals surface area contributed by atoms with E-state index in [1.807, 2.05) is 16.9 Å². The van der Waals surface area contributed by atoms with E-state index in [1.165, 1.54) is 0 Å². The van der Waals surface area contributed by atoms with Crippen LogP contribution in [0.5, 0.6) is 0 Å². The van der Waals surface area contributed by atoms with E-state index >= 15 is 0 Å². The lowest BCUT2D eigenvalue weighted by Gasteiger charge is -2.14. The molecule has 2 aromatic heterocycles. The molecule has 2 aromatic rings. The van der Waals surface area contributed by atoms with Crippen LogP contribution in [0.1, 0.15) is 6.92 Å². The first-order valence-corrected chi connectivity index (χ1v) is 5.34. The van der Waals surface area contributed by atoms with E-state index in [4.69, 9.17) is 11.6 Å². The number of hydrogen-bond donors (Lipinski definition) is 1. The highest BCUT2D eigenvalue weighted by Gasteiger charge is 2.04. The lowest BCUT2D eigenvalue weighted by Crippen LogP contribution is -2.22. The van der Waals surface area contributed by atoms with Crippen molar-refractivity contribution in [3.05, 3.63) is 36.0 Å². The molecule has 0 amide bonds. The molecule has 16 heavy (non-hydrogen) atoms. The average molecular weight is 238 g/mol. The third kappa shape index (κ3) is 2.93. The van der Waals surface area contributed by atoms with E-state index in [9.17, 15) is 0 Å². The summed E-state index contributed by atoms with van der Waals surface area (Å²) in [6.45, 7) is 2.83. The van der Waals surface area contributed by atoms with Crippen molar-refractivity contribution in [2.75, 3.05) is 5.32 Å². The van der Waals surface area contributed by atoms with E-state index in [-0.39, 0.29) is 11.3 Å². The molecule has 1 atom stereocenters. The van der Waals surface area contributed by atoms with Gasteiger partial charge in [-0.3, -0.25) is 4.68 Å². The van der Waals surface area contributed by atoms with E-state index in [0.29, 0.717) is 0 Å². The zero-order valence-electron chi connectivity index (χ0n) is 8.84. The van der Waals surface area contributed by atoms with Gasteiger partial charge in [0.05, 0.1) is 6.54 Å². The molecule has 0 aliphatic heterocycles. The summed E-state index contributed by atoms with van der Waals surface area (Å²) in [6.07, 6.45) is 5.30. The smallest absolute Gasteiger partial charge is 0.224 e. The minimum absolute atomic E-state index is 0.214. The van der Waals surface area contributed by atoms with Crippen LogP contribution in [-0.2, 0) is 6.54 Å². The van der Waals surface area contributed by atoms with E-state index in [0.717, 1.165) is 12.4 Å². The number of anilines is 1. The third-order valence-electron chi connectivity index (χ3n) is 2.04. The molecule has 0 fully saturated rings. The Bertz CT molecular complexity index is 442. The Morgan fingerprint density at radius 1 is 1.50 bits per heavy atom. The largest absolute Gasteiger partial charge is 0.366 e. The fourth-order valence-corrected chi connectivity index (χ4v) is 1.55. The van der Waals surface area contributed by atoms with Crippen LogP contribution < -0.4 is 5.32 Å². The molecule has 0 radical (unpaired) electrons. The number of aromatic nitrogens is 4. The van der Waals surface area contributed by atoms with Gasteiger partial charge in [-0.05, 0) is 30.7 Å². The first-order valence-electron chi connectivity index (χ1n) is 4.96. The highest BCUT2D eigenvalue weighted by atomic mass is 35.5. The zero-order valence-corrected chi connectivity index (χ0v) is 9.59. The predicted molar refractivity (Wildman–Crippen MR) is 62.4 cm³/mol. The molecular formula is C10H12ClN5. The Kier molecular flexibility index (Phi) is 3.36. The van der Waals surface area contributed by atoms with Crippen molar-refractivity contribution >= 4 is 17.4 Å². The Morgan fingerprint density at radius 2 is 2.38 bits per heavy atom. The van der Waals surface area contributed by atoms with E-state index in [2.05, 4.69) is 27.3 Å². The molecule has 0 saturated heterocycles. The lowest BCUT2D eigenvalue weighted by atomic mass is 10.3. The fourth-order valence-electron chi connectivity index (χ4n) is 1.40. The van der Waals surface area contributed by atoms with Crippen LogP contribution in [0.25, 0.3) is 0 Å². The van der Waals surface area contributed by atoms with Crippen molar-refractivity contribution < 1.29 is 0 Å². The first kappa shape index (κ1) is 10.9. The maximum Gasteiger partial charge on any atom is 0.224 e. The maximum atomic E-state index is 5.69. The minimum atomic E-state index is 0.214. The Morgan fingerprint density at radius 3 is 3.06 bits per heavy atom. The standard InChI is InChI=1S/C10H12ClN5/c1-8(7-16-6-2-4-13-16)14-9-3-5-12-10(11)15-9/h2-6,8H,7H2,1H3,(H,12,14,15). The zero-order chi connectivity index (χ0) is 11.4. The molecule has 84 valence electrons. The van der Waals surface area contributed by atoms with Crippen molar-refractivity contribution in [2.45, 2.75) is 19.5 Å². The second-order valence-corrected chi connectivity index (χ2v) is 3.82. The average Bonchev–Trinajstić information content (AvgIpc) is 2.70. The molecule has 2 heterocycles. The highest BCUT2D eigenvalue weighted by Crippen LogP contribution is 2.07. The molecular weight excluding hydrogens is 226 g/mol. The maximum absolute atomic E-state index is 5.69. The molecule has 1 unspecified atom stereocenters. The molecule has 0 saturated carbocycles. The number of rotatable bonds is 4. The second-order valence-electron chi connectivity index (χ2n) is 3.48. The fraction of sp³-hybridized carbons (Fsp3) is 0.300. The topological polar surface area (TPSA) is 55.6 Å². The quantitative estimate of drug-likeness (QED) is 0.825. The number of halogens is 1. The number of hydrogen-bond acceptors (Lipinski definition) is 4. The van der Waals surface area contributed by atoms with Gasteiger partial charge in [0.2, 0.25) is 5.28 Å². The molecule has 0 aliphatic rings. The van der Waals surface area contributed by atoms with Gasteiger partial charge < -0.3 is 5.32 Å². The summed E-state index contributed by atoms with van der Waals surface area (Å²) < 4.78 is 1.86. The van der Waals surface area contributed by atoms with Crippen LogP contribution in [0, 0.1) is 0 Å². The third-order valence-corrected chi connectivity index (χ3v) is 2.22. The van der Waals surface area contributed by atoms with Crippen molar-refractivity contribution in [3.63, 3.8) is 0 Å².